The smallest absolute Gasteiger partial charge is 0.464 e. The van der Waals surface area contributed by atoms with Gasteiger partial charge in [-0.25, -0.2) is 49.3 Å². The van der Waals surface area contributed by atoms with Gasteiger partial charge in [0.2, 0.25) is 0 Å². The SMILES string of the molecule is Br.Brc1cnc2c(c1)COCCN2.CC1(C)OB(c2cncc(C(F)(F)F)c2)OC1(C)C.CCOC(=O)CO.CCOC(=O)COCc1cc(Br)cnc1N.FC(F)(F)c1cncc(-c2cnc3c(c2)COCCN3)c1.NC(=O)N1CCOCc2cc(-c3cncc(C(F)(F)F)c3)cnc21.Nc1ncc(Br)cc1CBr.Nc1ncc(Br)cc1CO.O=C1COCc2cc(Br)cnc2N1. The summed E-state index contributed by atoms with van der Waals surface area (Å²) in [4.78, 5) is 84.1. The summed E-state index contributed by atoms with van der Waals surface area (Å²) >= 11 is 19.8. The number of aromatic nitrogens is 10. The van der Waals surface area contributed by atoms with Crippen molar-refractivity contribution in [2.24, 2.45) is 5.73 Å². The van der Waals surface area contributed by atoms with Gasteiger partial charge in [-0.05, 0) is 182 Å². The lowest BCUT2D eigenvalue weighted by atomic mass is 9.80. The first-order valence-corrected chi connectivity index (χ1v) is 44.3. The number of nitrogens with one attached hydrogen (secondary N) is 3. The molecule has 0 unspecified atom stereocenters. The van der Waals surface area contributed by atoms with E-state index in [1.165, 1.54) is 35.9 Å². The molecule has 0 atom stereocenters. The van der Waals surface area contributed by atoms with E-state index in [2.05, 4.69) is 166 Å². The molecule has 10 aromatic rings. The van der Waals surface area contributed by atoms with Gasteiger partial charge in [0.15, 0.2) is 0 Å². The Bertz CT molecular complexity index is 5430. The third kappa shape index (κ3) is 37.0. The van der Waals surface area contributed by atoms with E-state index in [4.69, 9.17) is 70.9 Å². The van der Waals surface area contributed by atoms with Crippen LogP contribution in [0.25, 0.3) is 22.3 Å². The van der Waals surface area contributed by atoms with Crippen LogP contribution >= 0.6 is 113 Å². The van der Waals surface area contributed by atoms with Crippen LogP contribution in [0.3, 0.4) is 0 Å². The van der Waals surface area contributed by atoms with Gasteiger partial charge in [-0.3, -0.25) is 24.6 Å². The topological polar surface area (TPSA) is 464 Å². The van der Waals surface area contributed by atoms with Gasteiger partial charge >= 0.3 is 43.6 Å². The number of nitrogen functional groups attached to an aromatic ring is 3. The van der Waals surface area contributed by atoms with E-state index < -0.39 is 72.1 Å². The lowest BCUT2D eigenvalue weighted by Crippen LogP contribution is -2.41. The second kappa shape index (κ2) is 54.4. The summed E-state index contributed by atoms with van der Waals surface area (Å²) < 4.78 is 166. The summed E-state index contributed by atoms with van der Waals surface area (Å²) in [6, 6.07) is 15.2. The fraction of sp³-hybridized carbons (Fsp3) is 0.349. The zero-order valence-corrected chi connectivity index (χ0v) is 82.8. The number of hydrogen-bond donors (Lipinski definition) is 9. The van der Waals surface area contributed by atoms with Crippen LogP contribution in [0.4, 0.5) is 85.0 Å². The van der Waals surface area contributed by atoms with E-state index in [1.54, 1.807) is 69.1 Å². The van der Waals surface area contributed by atoms with Crippen molar-refractivity contribution in [3.8, 4) is 22.3 Å². The number of carbonyl (C=O) groups excluding carboxylic acids is 4. The summed E-state index contributed by atoms with van der Waals surface area (Å²) in [5, 5.41) is 26.4. The minimum Gasteiger partial charge on any atom is -0.464 e. The number of nitrogens with two attached hydrogens (primary N) is 4. The summed E-state index contributed by atoms with van der Waals surface area (Å²) in [5.41, 5.74) is 26.0. The molecule has 0 radical (unpaired) electrons. The molecule has 0 aromatic carbocycles. The highest BCUT2D eigenvalue weighted by Crippen LogP contribution is 2.39. The number of fused-ring (bicyclic) bond motifs is 4. The molecular weight excluding hydrogens is 2230 g/mol. The summed E-state index contributed by atoms with van der Waals surface area (Å²) in [6.45, 7) is 16.1. The number of primary amides is 1. The normalized spacial score (nSPS) is 14.3. The van der Waals surface area contributed by atoms with Gasteiger partial charge in [0.05, 0.1) is 107 Å². The zero-order chi connectivity index (χ0) is 97.1. The Morgan fingerprint density at radius 1 is 0.496 bits per heavy atom. The molecule has 3 amide bonds. The number of urea groups is 1. The van der Waals surface area contributed by atoms with E-state index in [1.807, 2.05) is 45.9 Å². The van der Waals surface area contributed by atoms with Crippen LogP contribution in [0.1, 0.15) is 97.2 Å². The maximum absolute atomic E-state index is 12.8. The Labute approximate surface area is 818 Å². The molecule has 0 aliphatic carbocycles. The monoisotopic (exact) mass is 2310 g/mol. The average molecular weight is 2320 g/mol. The number of ether oxygens (including phenoxy) is 7. The highest BCUT2D eigenvalue weighted by atomic mass is 79.9. The molecule has 5 aliphatic heterocycles. The molecule has 0 bridgehead atoms. The lowest BCUT2D eigenvalue weighted by Gasteiger charge is -2.32. The van der Waals surface area contributed by atoms with Crippen molar-refractivity contribution in [1.82, 2.24) is 49.8 Å². The van der Waals surface area contributed by atoms with Crippen LogP contribution in [0, 0.1) is 0 Å². The van der Waals surface area contributed by atoms with Crippen molar-refractivity contribution in [2.45, 2.75) is 116 Å². The van der Waals surface area contributed by atoms with Gasteiger partial charge < -0.3 is 91.6 Å². The van der Waals surface area contributed by atoms with E-state index >= 15 is 0 Å². The second-order valence-electron chi connectivity index (χ2n) is 28.5. The van der Waals surface area contributed by atoms with Crippen molar-refractivity contribution in [1.29, 1.82) is 0 Å². The molecule has 50 heteroatoms. The fourth-order valence-electron chi connectivity index (χ4n) is 11.0. The average Bonchev–Trinajstić information content (AvgIpc) is 1.62. The van der Waals surface area contributed by atoms with Crippen molar-refractivity contribution < 1.29 is 111 Å². The van der Waals surface area contributed by atoms with Gasteiger partial charge in [0, 0.05) is 188 Å². The van der Waals surface area contributed by atoms with Crippen LogP contribution in [0.2, 0.25) is 0 Å². The van der Waals surface area contributed by atoms with Gasteiger partial charge in [-0.1, -0.05) is 15.9 Å². The van der Waals surface area contributed by atoms with E-state index in [9.17, 15) is 58.7 Å². The predicted octanol–water partition coefficient (Wildman–Crippen LogP) is 16.0. The second-order valence-corrected chi connectivity index (χ2v) is 33.6. The third-order valence-electron chi connectivity index (χ3n) is 18.2. The Kier molecular flexibility index (Phi) is 45.9. The van der Waals surface area contributed by atoms with Gasteiger partial charge in [-0.15, -0.1) is 17.0 Å². The maximum atomic E-state index is 12.8. The van der Waals surface area contributed by atoms with Crippen LogP contribution in [0.15, 0.2) is 164 Å². The van der Waals surface area contributed by atoms with E-state index in [-0.39, 0.29) is 79.5 Å². The predicted molar refractivity (Wildman–Crippen MR) is 503 cm³/mol. The molecule has 1 saturated heterocycles. The fourth-order valence-corrected chi connectivity index (χ4v) is 13.4. The van der Waals surface area contributed by atoms with Crippen LogP contribution in [-0.2, 0) is 120 Å². The Balaban J connectivity index is 0.000000235. The molecule has 15 heterocycles. The number of amides is 3. The number of alkyl halides is 10. The number of aliphatic hydroxyl groups excluding tert-OH is 2. The standard InChI is InChI=1S/C15H13F3N4O2.C14H12F3N3O.C12H15BF3NO2.C10H13BrN2O3.C8H7BrN2O2.C8H9BrN2O.C6H6Br2N2.C6H7BrN2O.C4H8O3.BrH/c16-15(17,18)12-4-10(5-20-7-12)9-3-11-8-24-2-1-22(14(19)23)13(11)21-6-9;15-14(16,17)12-4-10(5-18-7-12)9-3-11-8-21-2-1-19-13(11)20-6-9;1-10(2)11(3,4)19-13(18-10)9-5-8(6-17-7-9)12(14,15)16;1-2-16-9(14)6-15-5-7-3-8(11)4-13-10(7)12;9-6-1-5-3-13-4-7(12)11-8(5)10-2-6;9-7-3-6-5-12-2-1-10-8(6)11-4-7;7-2-4-1-5(8)3-10-6(4)9;7-5-1-4(3-10)6(8)9-2-5;1-2-7-4(6)3-5;/h3-7H,1-2,8H2,(H2,19,23);3-7H,1-2,8H2,(H,19,20);5-7H,1-4H3;3-4H,2,5-6H2,1H3,(H2,12,13);1-2H,3-4H2,(H,10,11,12);3-4H,1-2,5H2,(H,10,11);1,3H,2H2,(H2,9,10);1-2,10H,3H2,(H2,8,9);5H,2-3H2,1H3;1H. The molecule has 0 spiro atoms. The Hall–Kier alpha value is -9.39. The third-order valence-corrected chi connectivity index (χ3v) is 21.0. The molecule has 15 rings (SSSR count). The number of halogens is 16. The van der Waals surface area contributed by atoms with Crippen LogP contribution in [-0.4, -0.2) is 175 Å². The molecule has 10 aromatic heterocycles. The number of hydrogen-bond acceptors (Lipinski definition) is 30. The van der Waals surface area contributed by atoms with E-state index in [0.29, 0.717) is 116 Å². The van der Waals surface area contributed by atoms with Crippen molar-refractivity contribution in [3.63, 3.8) is 0 Å². The first-order valence-electron chi connectivity index (χ1n) is 39.2. The highest BCUT2D eigenvalue weighted by molar-refractivity contribution is 9.11. The largest absolute Gasteiger partial charge is 0.496 e. The van der Waals surface area contributed by atoms with Gasteiger partial charge in [0.1, 0.15) is 60.5 Å². The Morgan fingerprint density at radius 3 is 1.38 bits per heavy atom. The number of rotatable bonds is 12. The lowest BCUT2D eigenvalue weighted by molar-refractivity contribution is -0.149. The first kappa shape index (κ1) is 112. The molecule has 718 valence electrons. The highest BCUT2D eigenvalue weighted by Gasteiger charge is 2.52. The number of nitrogens with zero attached hydrogens (tertiary/aromatic N) is 11. The van der Waals surface area contributed by atoms with Crippen LogP contribution in [0.5, 0.6) is 0 Å². The summed E-state index contributed by atoms with van der Waals surface area (Å²) in [5.74, 6) is 2.83. The molecule has 5 aliphatic rings. The van der Waals surface area contributed by atoms with Gasteiger partial charge in [0.25, 0.3) is 5.91 Å². The van der Waals surface area contributed by atoms with Crippen molar-refractivity contribution >= 4 is 190 Å². The maximum Gasteiger partial charge on any atom is 0.496 e. The van der Waals surface area contributed by atoms with E-state index in [0.717, 1.165) is 111 Å². The Morgan fingerprint density at radius 2 is 0.902 bits per heavy atom. The molecule has 0 saturated carbocycles. The first-order chi connectivity index (χ1) is 62.5. The number of anilines is 7. The molecule has 33 nitrogen and oxygen atoms in total. The minimum absolute atomic E-state index is 0. The van der Waals surface area contributed by atoms with Gasteiger partial charge in [-0.2, -0.15) is 39.5 Å². The number of pyridine rings is 10. The number of aliphatic hydroxyl groups is 2. The summed E-state index contributed by atoms with van der Waals surface area (Å²) in [7, 11) is -0.834. The van der Waals surface area contributed by atoms with Crippen molar-refractivity contribution in [2.75, 3.05) is 111 Å². The number of esters is 2. The minimum atomic E-state index is -4.48. The molecular formula is C83H91BBr7F9N18O15. The molecule has 133 heavy (non-hydrogen) atoms. The van der Waals surface area contributed by atoms with Crippen LogP contribution < -0.4 is 49.2 Å². The quantitative estimate of drug-likeness (QED) is 0.0237. The molecule has 13 N–H and O–H groups in total. The number of carbonyl (C=O) groups is 4. The summed E-state index contributed by atoms with van der Waals surface area (Å²) in [6.07, 6.45) is 4.32. The van der Waals surface area contributed by atoms with Crippen molar-refractivity contribution in [3.05, 3.63) is 219 Å². The molecule has 1 fully saturated rings. The zero-order valence-electron chi connectivity index (χ0n) is 71.6.